The molecule has 1 aliphatic rings. The van der Waals surface area contributed by atoms with E-state index in [-0.39, 0.29) is 18.0 Å². The quantitative estimate of drug-likeness (QED) is 0.702. The van der Waals surface area contributed by atoms with Gasteiger partial charge in [0.2, 0.25) is 5.91 Å². The number of nitrogens with zero attached hydrogens (tertiary/aromatic N) is 3. The summed E-state index contributed by atoms with van der Waals surface area (Å²) in [5.74, 6) is 1.11. The molecule has 2 heterocycles. The first-order valence-electron chi connectivity index (χ1n) is 10.7. The maximum atomic E-state index is 13.0. The van der Waals surface area contributed by atoms with Crippen LogP contribution in [0.15, 0.2) is 53.3 Å². The number of hydrogen-bond acceptors (Lipinski definition) is 4. The van der Waals surface area contributed by atoms with Crippen LogP contribution in [-0.4, -0.2) is 28.8 Å². The molecule has 6 heteroatoms. The monoisotopic (exact) mass is 404 g/mol. The Morgan fingerprint density at radius 1 is 1.17 bits per heavy atom. The summed E-state index contributed by atoms with van der Waals surface area (Å²) in [6.07, 6.45) is 3.20. The first kappa shape index (κ1) is 20.1. The lowest BCUT2D eigenvalue weighted by atomic mass is 10.00. The molecular weight excluding hydrogens is 376 g/mol. The molecule has 1 aliphatic heterocycles. The number of anilines is 2. The van der Waals surface area contributed by atoms with E-state index < -0.39 is 0 Å². The third-order valence-corrected chi connectivity index (χ3v) is 5.72. The minimum Gasteiger partial charge on any atom is -0.354 e. The van der Waals surface area contributed by atoms with Gasteiger partial charge in [-0.05, 0) is 48.9 Å². The summed E-state index contributed by atoms with van der Waals surface area (Å²) in [6.45, 7) is 6.02. The van der Waals surface area contributed by atoms with Crippen LogP contribution in [0.3, 0.4) is 0 Å². The largest absolute Gasteiger partial charge is 0.354 e. The fraction of sp³-hybridized carbons (Fsp3) is 0.375. The summed E-state index contributed by atoms with van der Waals surface area (Å²) in [7, 11) is 0. The first-order chi connectivity index (χ1) is 14.5. The normalized spacial score (nSPS) is 16.6. The number of nitrogens with one attached hydrogen (secondary N) is 1. The number of carbonyl (C=O) groups is 1. The lowest BCUT2D eigenvalue weighted by Gasteiger charge is -2.32. The van der Waals surface area contributed by atoms with Crippen LogP contribution in [0.1, 0.15) is 32.3 Å². The standard InChI is InChI=1S/C24H28N4O2/c1-3-18-9-6-10-19(14-18)25-22(29)16-28-24(30)21-12-5-4-11-20(21)23(26-28)27-13-7-8-17(2)15-27/h4-6,9-12,14,17H,3,7-8,13,15-16H2,1-2H3,(H,25,29)/t17-/m1/s1. The molecule has 1 amide bonds. The molecule has 4 rings (SSSR count). The van der Waals surface area contributed by atoms with Crippen molar-refractivity contribution in [2.24, 2.45) is 5.92 Å². The molecule has 2 aromatic carbocycles. The van der Waals surface area contributed by atoms with Crippen LogP contribution in [0.2, 0.25) is 0 Å². The first-order valence-corrected chi connectivity index (χ1v) is 10.7. The second-order valence-corrected chi connectivity index (χ2v) is 8.13. The number of carbonyl (C=O) groups excluding carboxylic acids is 1. The molecule has 0 radical (unpaired) electrons. The second kappa shape index (κ2) is 8.69. The van der Waals surface area contributed by atoms with Crippen LogP contribution in [0.5, 0.6) is 0 Å². The Hall–Kier alpha value is -3.15. The molecule has 0 bridgehead atoms. The van der Waals surface area contributed by atoms with Crippen molar-refractivity contribution in [2.45, 2.75) is 39.7 Å². The molecular formula is C24H28N4O2. The average molecular weight is 405 g/mol. The van der Waals surface area contributed by atoms with Gasteiger partial charge in [0.1, 0.15) is 6.54 Å². The average Bonchev–Trinajstić information content (AvgIpc) is 2.76. The molecule has 0 spiro atoms. The van der Waals surface area contributed by atoms with Gasteiger partial charge in [-0.2, -0.15) is 5.10 Å². The van der Waals surface area contributed by atoms with Gasteiger partial charge in [0.25, 0.3) is 5.56 Å². The van der Waals surface area contributed by atoms with Crippen molar-refractivity contribution in [1.82, 2.24) is 9.78 Å². The molecule has 1 atom stereocenters. The van der Waals surface area contributed by atoms with E-state index in [0.29, 0.717) is 11.3 Å². The third-order valence-electron chi connectivity index (χ3n) is 5.72. The summed E-state index contributed by atoms with van der Waals surface area (Å²) in [6, 6.07) is 15.3. The highest BCUT2D eigenvalue weighted by Crippen LogP contribution is 2.26. The topological polar surface area (TPSA) is 67.2 Å². The summed E-state index contributed by atoms with van der Waals surface area (Å²) >= 11 is 0. The predicted octanol–water partition coefficient (Wildman–Crippen LogP) is 3.83. The Bertz CT molecular complexity index is 1120. The van der Waals surface area contributed by atoms with Crippen molar-refractivity contribution < 1.29 is 4.79 Å². The highest BCUT2D eigenvalue weighted by molar-refractivity contribution is 5.93. The maximum Gasteiger partial charge on any atom is 0.275 e. The SMILES string of the molecule is CCc1cccc(NC(=O)Cn2nc(N3CCC[C@@H](C)C3)c3ccccc3c2=O)c1. The Morgan fingerprint density at radius 3 is 2.73 bits per heavy atom. The molecule has 0 unspecified atom stereocenters. The summed E-state index contributed by atoms with van der Waals surface area (Å²) < 4.78 is 1.30. The minimum absolute atomic E-state index is 0.115. The van der Waals surface area contributed by atoms with Crippen molar-refractivity contribution >= 4 is 28.2 Å². The van der Waals surface area contributed by atoms with Crippen LogP contribution >= 0.6 is 0 Å². The molecule has 0 aliphatic carbocycles. The van der Waals surface area contributed by atoms with Gasteiger partial charge in [0, 0.05) is 24.2 Å². The van der Waals surface area contributed by atoms with Crippen LogP contribution in [-0.2, 0) is 17.8 Å². The minimum atomic E-state index is -0.258. The van der Waals surface area contributed by atoms with Crippen molar-refractivity contribution in [3.8, 4) is 0 Å². The zero-order chi connectivity index (χ0) is 21.1. The fourth-order valence-corrected chi connectivity index (χ4v) is 4.15. The molecule has 1 saturated heterocycles. The number of piperidine rings is 1. The Labute approximate surface area is 176 Å². The van der Waals surface area contributed by atoms with Gasteiger partial charge in [0.15, 0.2) is 5.82 Å². The molecule has 156 valence electrons. The summed E-state index contributed by atoms with van der Waals surface area (Å²) in [5.41, 5.74) is 1.64. The molecule has 6 nitrogen and oxygen atoms in total. The Morgan fingerprint density at radius 2 is 1.97 bits per heavy atom. The molecule has 1 aromatic heterocycles. The van der Waals surface area contributed by atoms with Gasteiger partial charge in [0.05, 0.1) is 5.39 Å². The van der Waals surface area contributed by atoms with Crippen LogP contribution in [0, 0.1) is 5.92 Å². The highest BCUT2D eigenvalue weighted by atomic mass is 16.2. The van der Waals surface area contributed by atoms with Crippen molar-refractivity contribution in [1.29, 1.82) is 0 Å². The predicted molar refractivity (Wildman–Crippen MR) is 121 cm³/mol. The molecule has 1 fully saturated rings. The van der Waals surface area contributed by atoms with Crippen LogP contribution in [0.4, 0.5) is 11.5 Å². The number of aromatic nitrogens is 2. The lowest BCUT2D eigenvalue weighted by Crippen LogP contribution is -2.38. The van der Waals surface area contributed by atoms with Crippen LogP contribution < -0.4 is 15.8 Å². The number of rotatable bonds is 5. The van der Waals surface area contributed by atoms with E-state index in [0.717, 1.165) is 48.4 Å². The van der Waals surface area contributed by atoms with E-state index in [9.17, 15) is 9.59 Å². The summed E-state index contributed by atoms with van der Waals surface area (Å²) in [5, 5.41) is 8.99. The van der Waals surface area contributed by atoms with Gasteiger partial charge >= 0.3 is 0 Å². The number of amides is 1. The number of aryl methyl sites for hydroxylation is 1. The van der Waals surface area contributed by atoms with E-state index in [1.807, 2.05) is 48.5 Å². The van der Waals surface area contributed by atoms with Crippen molar-refractivity contribution in [3.63, 3.8) is 0 Å². The molecule has 1 N–H and O–H groups in total. The lowest BCUT2D eigenvalue weighted by molar-refractivity contribution is -0.117. The zero-order valence-electron chi connectivity index (χ0n) is 17.6. The van der Waals surface area contributed by atoms with Crippen molar-refractivity contribution in [3.05, 3.63) is 64.4 Å². The third kappa shape index (κ3) is 4.22. The fourth-order valence-electron chi connectivity index (χ4n) is 4.15. The maximum absolute atomic E-state index is 13.0. The smallest absolute Gasteiger partial charge is 0.275 e. The van der Waals surface area contributed by atoms with Gasteiger partial charge < -0.3 is 10.2 Å². The van der Waals surface area contributed by atoms with Gasteiger partial charge in [-0.1, -0.05) is 44.2 Å². The molecule has 0 saturated carbocycles. The molecule has 3 aromatic rings. The van der Waals surface area contributed by atoms with E-state index in [1.54, 1.807) is 0 Å². The van der Waals surface area contributed by atoms with E-state index in [1.165, 1.54) is 11.1 Å². The van der Waals surface area contributed by atoms with Gasteiger partial charge in [-0.15, -0.1) is 0 Å². The van der Waals surface area contributed by atoms with Crippen molar-refractivity contribution in [2.75, 3.05) is 23.3 Å². The molecule has 30 heavy (non-hydrogen) atoms. The Balaban J connectivity index is 1.65. The van der Waals surface area contributed by atoms with Gasteiger partial charge in [-0.25, -0.2) is 4.68 Å². The number of benzene rings is 2. The number of hydrogen-bond donors (Lipinski definition) is 1. The van der Waals surface area contributed by atoms with E-state index in [4.69, 9.17) is 0 Å². The Kier molecular flexibility index (Phi) is 5.84. The number of fused-ring (bicyclic) bond motifs is 1. The van der Waals surface area contributed by atoms with E-state index in [2.05, 4.69) is 29.2 Å². The highest BCUT2D eigenvalue weighted by Gasteiger charge is 2.22. The van der Waals surface area contributed by atoms with Gasteiger partial charge in [-0.3, -0.25) is 9.59 Å². The van der Waals surface area contributed by atoms with E-state index >= 15 is 0 Å². The zero-order valence-corrected chi connectivity index (χ0v) is 17.6. The van der Waals surface area contributed by atoms with Crippen LogP contribution in [0.25, 0.3) is 10.8 Å². The summed E-state index contributed by atoms with van der Waals surface area (Å²) in [4.78, 5) is 27.9. The second-order valence-electron chi connectivity index (χ2n) is 8.13.